The number of nitriles is 1. The van der Waals surface area contributed by atoms with Crippen LogP contribution in [0.2, 0.25) is 10.0 Å². The van der Waals surface area contributed by atoms with Crippen LogP contribution in [0.25, 0.3) is 6.08 Å². The number of hydrogen-bond acceptors (Lipinski definition) is 3. The first-order chi connectivity index (χ1) is 12.9. The Kier molecular flexibility index (Phi) is 5.71. The standard InChI is InChI=1S/C20H14Cl2N2O2S/c21-16-9-8-15(20(22)11-16)14-24-10-4-5-17(24)12-19(13-23)27(25,26)18-6-2-1-3-7-18/h1-12H,14H2. The lowest BCUT2D eigenvalue weighted by Crippen LogP contribution is -2.05. The van der Waals surface area contributed by atoms with Crippen molar-refractivity contribution in [1.29, 1.82) is 5.26 Å². The molecule has 0 aliphatic carbocycles. The molecule has 7 heteroatoms. The van der Waals surface area contributed by atoms with E-state index in [1.54, 1.807) is 54.7 Å². The van der Waals surface area contributed by atoms with Gasteiger partial charge in [-0.05, 0) is 48.0 Å². The Morgan fingerprint density at radius 2 is 1.81 bits per heavy atom. The average Bonchev–Trinajstić information content (AvgIpc) is 3.09. The number of benzene rings is 2. The van der Waals surface area contributed by atoms with Crippen molar-refractivity contribution in [3.63, 3.8) is 0 Å². The molecular weight excluding hydrogens is 403 g/mol. The SMILES string of the molecule is N#CC(=Cc1cccn1Cc1ccc(Cl)cc1Cl)S(=O)(=O)c1ccccc1. The Hall–Kier alpha value is -2.52. The van der Waals surface area contributed by atoms with E-state index in [2.05, 4.69) is 0 Å². The lowest BCUT2D eigenvalue weighted by Gasteiger charge is -2.10. The predicted octanol–water partition coefficient (Wildman–Crippen LogP) is 5.18. The van der Waals surface area contributed by atoms with E-state index in [-0.39, 0.29) is 9.80 Å². The summed E-state index contributed by atoms with van der Waals surface area (Å²) < 4.78 is 27.2. The Labute approximate surface area is 167 Å². The lowest BCUT2D eigenvalue weighted by atomic mass is 10.2. The van der Waals surface area contributed by atoms with E-state index in [9.17, 15) is 13.7 Å². The van der Waals surface area contributed by atoms with E-state index >= 15 is 0 Å². The number of rotatable bonds is 5. The van der Waals surface area contributed by atoms with Gasteiger partial charge in [0.25, 0.3) is 0 Å². The summed E-state index contributed by atoms with van der Waals surface area (Å²) >= 11 is 12.1. The zero-order valence-corrected chi connectivity index (χ0v) is 16.3. The van der Waals surface area contributed by atoms with Crippen molar-refractivity contribution in [2.75, 3.05) is 0 Å². The van der Waals surface area contributed by atoms with E-state index in [1.807, 2.05) is 10.6 Å². The third-order valence-corrected chi connectivity index (χ3v) is 6.22. The van der Waals surface area contributed by atoms with E-state index in [0.29, 0.717) is 22.3 Å². The Balaban J connectivity index is 1.98. The summed E-state index contributed by atoms with van der Waals surface area (Å²) in [5.74, 6) is 0. The summed E-state index contributed by atoms with van der Waals surface area (Å²) in [4.78, 5) is -0.243. The van der Waals surface area contributed by atoms with Crippen LogP contribution in [-0.4, -0.2) is 13.0 Å². The van der Waals surface area contributed by atoms with Crippen molar-refractivity contribution < 1.29 is 8.42 Å². The molecule has 0 saturated carbocycles. The van der Waals surface area contributed by atoms with Crippen LogP contribution in [0.1, 0.15) is 11.3 Å². The van der Waals surface area contributed by atoms with Gasteiger partial charge in [0.1, 0.15) is 6.07 Å². The summed E-state index contributed by atoms with van der Waals surface area (Å²) in [6, 6.07) is 18.4. The molecule has 0 atom stereocenters. The average molecular weight is 417 g/mol. The molecule has 0 amide bonds. The van der Waals surface area contributed by atoms with Crippen LogP contribution in [0.4, 0.5) is 0 Å². The third kappa shape index (κ3) is 4.25. The molecule has 2 aromatic carbocycles. The summed E-state index contributed by atoms with van der Waals surface area (Å²) in [6.45, 7) is 0.416. The van der Waals surface area contributed by atoms with Crippen molar-refractivity contribution in [1.82, 2.24) is 4.57 Å². The van der Waals surface area contributed by atoms with Gasteiger partial charge >= 0.3 is 0 Å². The van der Waals surface area contributed by atoms with Gasteiger partial charge in [-0.15, -0.1) is 0 Å². The molecule has 3 aromatic rings. The Bertz CT molecular complexity index is 1140. The molecule has 0 aliphatic rings. The normalized spacial score (nSPS) is 12.0. The summed E-state index contributed by atoms with van der Waals surface area (Å²) in [6.07, 6.45) is 3.16. The summed E-state index contributed by atoms with van der Waals surface area (Å²) in [5.41, 5.74) is 1.41. The first-order valence-electron chi connectivity index (χ1n) is 7.93. The number of allylic oxidation sites excluding steroid dienone is 1. The van der Waals surface area contributed by atoms with Crippen LogP contribution in [-0.2, 0) is 16.4 Å². The first-order valence-corrected chi connectivity index (χ1v) is 10.2. The van der Waals surface area contributed by atoms with E-state index in [4.69, 9.17) is 23.2 Å². The van der Waals surface area contributed by atoms with Crippen LogP contribution in [0.5, 0.6) is 0 Å². The van der Waals surface area contributed by atoms with E-state index in [1.165, 1.54) is 18.2 Å². The highest BCUT2D eigenvalue weighted by Gasteiger charge is 2.21. The van der Waals surface area contributed by atoms with Crippen LogP contribution in [0, 0.1) is 11.3 Å². The molecule has 0 unspecified atom stereocenters. The van der Waals surface area contributed by atoms with E-state index < -0.39 is 9.84 Å². The van der Waals surface area contributed by atoms with Crippen LogP contribution in [0.15, 0.2) is 76.7 Å². The molecule has 0 spiro atoms. The van der Waals surface area contributed by atoms with Gasteiger partial charge in [0, 0.05) is 28.5 Å². The van der Waals surface area contributed by atoms with Crippen molar-refractivity contribution in [3.8, 4) is 6.07 Å². The van der Waals surface area contributed by atoms with Crippen LogP contribution >= 0.6 is 23.2 Å². The van der Waals surface area contributed by atoms with Gasteiger partial charge in [-0.3, -0.25) is 0 Å². The van der Waals surface area contributed by atoms with Gasteiger partial charge < -0.3 is 4.57 Å². The van der Waals surface area contributed by atoms with Gasteiger partial charge in [0.05, 0.1) is 4.90 Å². The summed E-state index contributed by atoms with van der Waals surface area (Å²) in [5, 5.41) is 10.5. The third-order valence-electron chi connectivity index (χ3n) is 3.95. The summed E-state index contributed by atoms with van der Waals surface area (Å²) in [7, 11) is -3.89. The molecule has 1 aromatic heterocycles. The van der Waals surface area contributed by atoms with Crippen LogP contribution in [0.3, 0.4) is 0 Å². The van der Waals surface area contributed by atoms with Crippen molar-refractivity contribution in [2.24, 2.45) is 0 Å². The van der Waals surface area contributed by atoms with E-state index in [0.717, 1.165) is 5.56 Å². The maximum atomic E-state index is 12.7. The highest BCUT2D eigenvalue weighted by Crippen LogP contribution is 2.24. The highest BCUT2D eigenvalue weighted by atomic mass is 35.5. The Morgan fingerprint density at radius 3 is 2.48 bits per heavy atom. The fourth-order valence-corrected chi connectivity index (χ4v) is 4.20. The van der Waals surface area contributed by atoms with Gasteiger partial charge in [-0.25, -0.2) is 8.42 Å². The van der Waals surface area contributed by atoms with Crippen molar-refractivity contribution >= 4 is 39.1 Å². The molecule has 0 bridgehead atoms. The zero-order chi connectivity index (χ0) is 19.4. The van der Waals surface area contributed by atoms with Gasteiger partial charge in [0.2, 0.25) is 9.84 Å². The molecule has 0 aliphatic heterocycles. The smallest absolute Gasteiger partial charge is 0.216 e. The molecule has 0 N–H and O–H groups in total. The number of nitrogens with zero attached hydrogens (tertiary/aromatic N) is 2. The van der Waals surface area contributed by atoms with Crippen molar-refractivity contribution in [2.45, 2.75) is 11.4 Å². The van der Waals surface area contributed by atoms with Crippen LogP contribution < -0.4 is 0 Å². The number of hydrogen-bond donors (Lipinski definition) is 0. The van der Waals surface area contributed by atoms with Gasteiger partial charge in [-0.2, -0.15) is 5.26 Å². The molecular formula is C20H14Cl2N2O2S. The monoisotopic (exact) mass is 416 g/mol. The fraction of sp³-hybridized carbons (Fsp3) is 0.0500. The fourth-order valence-electron chi connectivity index (χ4n) is 2.57. The Morgan fingerprint density at radius 1 is 1.07 bits per heavy atom. The molecule has 27 heavy (non-hydrogen) atoms. The number of sulfone groups is 1. The largest absolute Gasteiger partial charge is 0.343 e. The molecule has 4 nitrogen and oxygen atoms in total. The topological polar surface area (TPSA) is 62.9 Å². The lowest BCUT2D eigenvalue weighted by molar-refractivity contribution is 0.603. The second-order valence-corrected chi connectivity index (χ2v) is 8.50. The minimum absolute atomic E-state index is 0.0802. The van der Waals surface area contributed by atoms with Crippen molar-refractivity contribution in [3.05, 3.63) is 93.1 Å². The molecule has 0 fully saturated rings. The van der Waals surface area contributed by atoms with Gasteiger partial charge in [-0.1, -0.05) is 47.5 Å². The molecule has 3 rings (SSSR count). The second-order valence-electron chi connectivity index (χ2n) is 5.73. The quantitative estimate of drug-likeness (QED) is 0.538. The number of halogens is 2. The molecule has 136 valence electrons. The zero-order valence-electron chi connectivity index (χ0n) is 14.0. The minimum atomic E-state index is -3.89. The molecule has 0 saturated heterocycles. The minimum Gasteiger partial charge on any atom is -0.343 e. The number of aromatic nitrogens is 1. The first kappa shape index (κ1) is 19.2. The maximum Gasteiger partial charge on any atom is 0.216 e. The maximum absolute atomic E-state index is 12.7. The molecule has 1 heterocycles. The van der Waals surface area contributed by atoms with Gasteiger partial charge in [0.15, 0.2) is 4.91 Å². The second kappa shape index (κ2) is 8.01. The highest BCUT2D eigenvalue weighted by molar-refractivity contribution is 7.95. The predicted molar refractivity (Wildman–Crippen MR) is 107 cm³/mol. The molecule has 0 radical (unpaired) electrons.